The Morgan fingerprint density at radius 1 is 1.25 bits per heavy atom. The molecule has 0 spiro atoms. The molecule has 1 atom stereocenters. The fraction of sp³-hybridized carbons (Fsp3) is 0.438. The number of hydrogen-bond acceptors (Lipinski definition) is 3. The molecule has 4 heteroatoms. The van der Waals surface area contributed by atoms with Gasteiger partial charge in [-0.05, 0) is 44.0 Å². The standard InChI is InChI=1S/C16H22N2OS/c1-4-14-10-15(18(5-2)17-14)11-20-16-8-6-13(7-9-16)12(3)19/h6-10,12,19H,4-5,11H2,1-3H3. The van der Waals surface area contributed by atoms with Crippen molar-refractivity contribution in [1.29, 1.82) is 0 Å². The minimum absolute atomic E-state index is 0.400. The van der Waals surface area contributed by atoms with Gasteiger partial charge in [0.2, 0.25) is 0 Å². The minimum atomic E-state index is -0.400. The van der Waals surface area contributed by atoms with E-state index in [2.05, 4.69) is 41.8 Å². The highest BCUT2D eigenvalue weighted by atomic mass is 32.2. The van der Waals surface area contributed by atoms with Crippen molar-refractivity contribution >= 4 is 11.8 Å². The molecule has 0 saturated heterocycles. The first-order valence-corrected chi connectivity index (χ1v) is 8.09. The van der Waals surface area contributed by atoms with Gasteiger partial charge in [0, 0.05) is 22.9 Å². The molecular weight excluding hydrogens is 268 g/mol. The zero-order chi connectivity index (χ0) is 14.5. The van der Waals surface area contributed by atoms with Crippen LogP contribution in [0.5, 0.6) is 0 Å². The lowest BCUT2D eigenvalue weighted by Crippen LogP contribution is -2.01. The largest absolute Gasteiger partial charge is 0.389 e. The Morgan fingerprint density at radius 2 is 1.95 bits per heavy atom. The molecule has 0 aliphatic heterocycles. The average molecular weight is 290 g/mol. The van der Waals surface area contributed by atoms with Gasteiger partial charge in [-0.25, -0.2) is 0 Å². The second kappa shape index (κ2) is 6.95. The van der Waals surface area contributed by atoms with Gasteiger partial charge >= 0.3 is 0 Å². The summed E-state index contributed by atoms with van der Waals surface area (Å²) in [6.07, 6.45) is 0.580. The molecule has 0 bridgehead atoms. The van der Waals surface area contributed by atoms with Crippen molar-refractivity contribution in [1.82, 2.24) is 9.78 Å². The topological polar surface area (TPSA) is 38.0 Å². The molecule has 1 aromatic heterocycles. The predicted octanol–water partition coefficient (Wildman–Crippen LogP) is 3.81. The Morgan fingerprint density at radius 3 is 2.50 bits per heavy atom. The number of nitrogens with zero attached hydrogens (tertiary/aromatic N) is 2. The zero-order valence-corrected chi connectivity index (χ0v) is 13.2. The summed E-state index contributed by atoms with van der Waals surface area (Å²) in [6, 6.07) is 10.3. The highest BCUT2D eigenvalue weighted by Gasteiger charge is 2.07. The summed E-state index contributed by atoms with van der Waals surface area (Å²) in [5, 5.41) is 14.1. The third-order valence-electron chi connectivity index (χ3n) is 3.32. The molecule has 1 N–H and O–H groups in total. The van der Waals surface area contributed by atoms with Gasteiger partial charge in [0.05, 0.1) is 11.8 Å². The molecule has 108 valence electrons. The van der Waals surface area contributed by atoms with Crippen LogP contribution in [0.4, 0.5) is 0 Å². The molecule has 0 saturated carbocycles. The first-order valence-electron chi connectivity index (χ1n) is 7.10. The highest BCUT2D eigenvalue weighted by molar-refractivity contribution is 7.98. The molecule has 2 aromatic rings. The van der Waals surface area contributed by atoms with Crippen LogP contribution in [-0.4, -0.2) is 14.9 Å². The molecule has 1 aromatic carbocycles. The molecule has 1 heterocycles. The lowest BCUT2D eigenvalue weighted by molar-refractivity contribution is 0.199. The molecule has 20 heavy (non-hydrogen) atoms. The molecule has 0 aliphatic rings. The molecule has 1 unspecified atom stereocenters. The van der Waals surface area contributed by atoms with Crippen LogP contribution in [-0.2, 0) is 18.7 Å². The average Bonchev–Trinajstić information content (AvgIpc) is 2.88. The summed E-state index contributed by atoms with van der Waals surface area (Å²) < 4.78 is 2.08. The van der Waals surface area contributed by atoms with Crippen LogP contribution < -0.4 is 0 Å². The van der Waals surface area contributed by atoms with Gasteiger partial charge in [0.1, 0.15) is 0 Å². The molecule has 2 rings (SSSR count). The number of aryl methyl sites for hydroxylation is 2. The second-order valence-electron chi connectivity index (χ2n) is 4.83. The Hall–Kier alpha value is -1.26. The van der Waals surface area contributed by atoms with Gasteiger partial charge in [-0.2, -0.15) is 5.10 Å². The van der Waals surface area contributed by atoms with E-state index >= 15 is 0 Å². The van der Waals surface area contributed by atoms with Gasteiger partial charge < -0.3 is 5.11 Å². The van der Waals surface area contributed by atoms with E-state index in [1.165, 1.54) is 10.6 Å². The maximum atomic E-state index is 9.50. The van der Waals surface area contributed by atoms with E-state index < -0.39 is 6.10 Å². The van der Waals surface area contributed by atoms with Crippen LogP contribution >= 0.6 is 11.8 Å². The van der Waals surface area contributed by atoms with E-state index in [1.807, 2.05) is 12.1 Å². The Labute approximate surface area is 125 Å². The first kappa shape index (κ1) is 15.1. The van der Waals surface area contributed by atoms with Crippen molar-refractivity contribution < 1.29 is 5.11 Å². The molecule has 3 nitrogen and oxygen atoms in total. The van der Waals surface area contributed by atoms with Crippen molar-refractivity contribution in [2.75, 3.05) is 0 Å². The third kappa shape index (κ3) is 3.64. The van der Waals surface area contributed by atoms with Crippen molar-refractivity contribution in [2.45, 2.75) is 50.5 Å². The van der Waals surface area contributed by atoms with Crippen LogP contribution in [0.2, 0.25) is 0 Å². The number of aromatic nitrogens is 2. The quantitative estimate of drug-likeness (QED) is 0.822. The summed E-state index contributed by atoms with van der Waals surface area (Å²) in [5.41, 5.74) is 3.39. The zero-order valence-electron chi connectivity index (χ0n) is 12.3. The lowest BCUT2D eigenvalue weighted by atomic mass is 10.1. The molecule has 0 amide bonds. The van der Waals surface area contributed by atoms with E-state index in [1.54, 1.807) is 18.7 Å². The normalized spacial score (nSPS) is 12.6. The SMILES string of the molecule is CCc1cc(CSc2ccc(C(C)O)cc2)n(CC)n1. The molecule has 0 fully saturated rings. The van der Waals surface area contributed by atoms with E-state index in [9.17, 15) is 5.11 Å². The van der Waals surface area contributed by atoms with Gasteiger partial charge in [0.15, 0.2) is 0 Å². The van der Waals surface area contributed by atoms with Gasteiger partial charge in [-0.1, -0.05) is 19.1 Å². The number of thioether (sulfide) groups is 1. The third-order valence-corrected chi connectivity index (χ3v) is 4.37. The molecule has 0 radical (unpaired) electrons. The van der Waals surface area contributed by atoms with Crippen molar-refractivity contribution in [3.05, 3.63) is 47.3 Å². The maximum Gasteiger partial charge on any atom is 0.0761 e. The van der Waals surface area contributed by atoms with Crippen molar-refractivity contribution in [2.24, 2.45) is 0 Å². The number of rotatable bonds is 6. The number of aliphatic hydroxyl groups excluding tert-OH is 1. The van der Waals surface area contributed by atoms with Gasteiger partial charge in [-0.3, -0.25) is 4.68 Å². The first-order chi connectivity index (χ1) is 9.63. The van der Waals surface area contributed by atoms with E-state index in [0.717, 1.165) is 30.0 Å². The van der Waals surface area contributed by atoms with Crippen molar-refractivity contribution in [3.8, 4) is 0 Å². The van der Waals surface area contributed by atoms with Crippen LogP contribution in [0.1, 0.15) is 43.8 Å². The summed E-state index contributed by atoms with van der Waals surface area (Å²) in [4.78, 5) is 1.22. The monoisotopic (exact) mass is 290 g/mol. The van der Waals surface area contributed by atoms with Gasteiger partial charge in [0.25, 0.3) is 0 Å². The molecular formula is C16H22N2OS. The van der Waals surface area contributed by atoms with Crippen LogP contribution in [0.3, 0.4) is 0 Å². The van der Waals surface area contributed by atoms with Crippen LogP contribution in [0.15, 0.2) is 35.2 Å². The lowest BCUT2D eigenvalue weighted by Gasteiger charge is -2.07. The number of hydrogen-bond donors (Lipinski definition) is 1. The van der Waals surface area contributed by atoms with E-state index in [4.69, 9.17) is 0 Å². The summed E-state index contributed by atoms with van der Waals surface area (Å²) in [6.45, 7) is 6.96. The Balaban J connectivity index is 2.02. The smallest absolute Gasteiger partial charge is 0.0761 e. The van der Waals surface area contributed by atoms with Gasteiger partial charge in [-0.15, -0.1) is 11.8 Å². The predicted molar refractivity (Wildman–Crippen MR) is 83.9 cm³/mol. The van der Waals surface area contributed by atoms with Crippen molar-refractivity contribution in [3.63, 3.8) is 0 Å². The van der Waals surface area contributed by atoms with E-state index in [-0.39, 0.29) is 0 Å². The summed E-state index contributed by atoms with van der Waals surface area (Å²) in [5.74, 6) is 0.925. The fourth-order valence-electron chi connectivity index (χ4n) is 2.08. The van der Waals surface area contributed by atoms with E-state index in [0.29, 0.717) is 0 Å². The Bertz CT molecular complexity index is 546. The summed E-state index contributed by atoms with van der Waals surface area (Å²) in [7, 11) is 0. The van der Waals surface area contributed by atoms with Crippen LogP contribution in [0.25, 0.3) is 0 Å². The maximum absolute atomic E-state index is 9.50. The fourth-order valence-corrected chi connectivity index (χ4v) is 2.95. The van der Waals surface area contributed by atoms with Crippen LogP contribution in [0, 0.1) is 0 Å². The minimum Gasteiger partial charge on any atom is -0.389 e. The molecule has 0 aliphatic carbocycles. The Kier molecular flexibility index (Phi) is 5.26. The second-order valence-corrected chi connectivity index (χ2v) is 5.88. The number of aliphatic hydroxyl groups is 1. The summed E-state index contributed by atoms with van der Waals surface area (Å²) >= 11 is 1.80. The number of benzene rings is 1. The highest BCUT2D eigenvalue weighted by Crippen LogP contribution is 2.25.